The number of rotatable bonds is 17. The van der Waals surface area contributed by atoms with Gasteiger partial charge in [0.15, 0.2) is 0 Å². The lowest BCUT2D eigenvalue weighted by Gasteiger charge is -2.26. The molecule has 0 aliphatic heterocycles. The molecule has 0 unspecified atom stereocenters. The first-order chi connectivity index (χ1) is 21.2. The van der Waals surface area contributed by atoms with Crippen LogP contribution in [-0.2, 0) is 36.9 Å². The quantitative estimate of drug-likeness (QED) is 0.0811. The third-order valence-electron chi connectivity index (χ3n) is 6.23. The molecule has 0 saturated carbocycles. The van der Waals surface area contributed by atoms with E-state index in [0.717, 1.165) is 5.56 Å². The molecule has 0 heterocycles. The number of ether oxygens (including phenoxy) is 3. The maximum Gasteiger partial charge on any atom is 0.408 e. The average molecular weight is 607 g/mol. The van der Waals surface area contributed by atoms with E-state index >= 15 is 0 Å². The molecule has 234 valence electrons. The van der Waals surface area contributed by atoms with Gasteiger partial charge >= 0.3 is 12.1 Å². The molecule has 2 rings (SSSR count). The summed E-state index contributed by atoms with van der Waals surface area (Å²) in [5, 5.41) is 11.3. The molecular formula is C31H38N6O7. The monoisotopic (exact) mass is 606 g/mol. The molecular weight excluding hydrogens is 568 g/mol. The third-order valence-corrected chi connectivity index (χ3v) is 6.23. The fourth-order valence-corrected chi connectivity index (χ4v) is 4.07. The molecule has 13 heteroatoms. The SMILES string of the molecule is C#CCOc1ccc(C[C@H](NC(=O)OCc2ccccc2)C(=O)N[C@@H](CC(C)C)C(=O)N[C@@H](CCN=[N+]=[N-])C(=O)OC)cc1. The van der Waals surface area contributed by atoms with Gasteiger partial charge in [0, 0.05) is 17.9 Å². The van der Waals surface area contributed by atoms with Crippen LogP contribution in [0.25, 0.3) is 10.4 Å². The molecule has 0 spiro atoms. The van der Waals surface area contributed by atoms with Crippen molar-refractivity contribution in [1.82, 2.24) is 16.0 Å². The molecule has 0 aromatic heterocycles. The van der Waals surface area contributed by atoms with Gasteiger partial charge in [-0.2, -0.15) is 0 Å². The normalized spacial score (nSPS) is 12.3. The van der Waals surface area contributed by atoms with Crippen molar-refractivity contribution in [2.24, 2.45) is 11.0 Å². The Morgan fingerprint density at radius 1 is 0.932 bits per heavy atom. The van der Waals surface area contributed by atoms with Crippen molar-refractivity contribution >= 4 is 23.9 Å². The topological polar surface area (TPSA) is 181 Å². The zero-order valence-electron chi connectivity index (χ0n) is 25.0. The maximum absolute atomic E-state index is 13.6. The lowest BCUT2D eigenvalue weighted by molar-refractivity contribution is -0.145. The maximum atomic E-state index is 13.6. The van der Waals surface area contributed by atoms with Crippen LogP contribution in [0.4, 0.5) is 4.79 Å². The Morgan fingerprint density at radius 3 is 2.20 bits per heavy atom. The van der Waals surface area contributed by atoms with E-state index in [-0.39, 0.29) is 44.9 Å². The molecule has 44 heavy (non-hydrogen) atoms. The van der Waals surface area contributed by atoms with Crippen molar-refractivity contribution in [2.75, 3.05) is 20.3 Å². The van der Waals surface area contributed by atoms with Crippen LogP contribution < -0.4 is 20.7 Å². The third kappa shape index (κ3) is 12.8. The molecule has 0 fully saturated rings. The first-order valence-electron chi connectivity index (χ1n) is 14.0. The van der Waals surface area contributed by atoms with Crippen LogP contribution in [0.3, 0.4) is 0 Å². The van der Waals surface area contributed by atoms with E-state index in [1.807, 2.05) is 32.0 Å². The van der Waals surface area contributed by atoms with Gasteiger partial charge in [-0.05, 0) is 47.6 Å². The second-order valence-electron chi connectivity index (χ2n) is 10.1. The number of hydrogen-bond donors (Lipinski definition) is 3. The van der Waals surface area contributed by atoms with E-state index < -0.39 is 42.0 Å². The zero-order chi connectivity index (χ0) is 32.3. The Kier molecular flexibility index (Phi) is 15.2. The predicted octanol–water partition coefficient (Wildman–Crippen LogP) is 3.43. The van der Waals surface area contributed by atoms with Crippen molar-refractivity contribution in [2.45, 2.75) is 57.8 Å². The molecule has 0 radical (unpaired) electrons. The summed E-state index contributed by atoms with van der Waals surface area (Å²) in [7, 11) is 1.17. The van der Waals surface area contributed by atoms with Crippen LogP contribution in [0.1, 0.15) is 37.8 Å². The van der Waals surface area contributed by atoms with Crippen LogP contribution >= 0.6 is 0 Å². The summed E-state index contributed by atoms with van der Waals surface area (Å²) in [5.41, 5.74) is 10.0. The van der Waals surface area contributed by atoms with E-state index in [1.54, 1.807) is 36.4 Å². The number of carbonyl (C=O) groups excluding carboxylic acids is 4. The lowest BCUT2D eigenvalue weighted by Crippen LogP contribution is -2.56. The summed E-state index contributed by atoms with van der Waals surface area (Å²) in [6.45, 7) is 3.77. The minimum atomic E-state index is -1.13. The fraction of sp³-hybridized carbons (Fsp3) is 0.419. The Morgan fingerprint density at radius 2 is 1.59 bits per heavy atom. The first-order valence-corrected chi connectivity index (χ1v) is 14.0. The molecule has 3 amide bonds. The Balaban J connectivity index is 2.23. The molecule has 3 atom stereocenters. The van der Waals surface area contributed by atoms with Gasteiger partial charge in [-0.1, -0.05) is 67.3 Å². The number of carbonyl (C=O) groups is 4. The molecule has 2 aromatic rings. The van der Waals surface area contributed by atoms with Crippen LogP contribution in [0.15, 0.2) is 59.7 Å². The van der Waals surface area contributed by atoms with E-state index in [2.05, 4.69) is 31.9 Å². The Bertz CT molecular complexity index is 1320. The highest BCUT2D eigenvalue weighted by Crippen LogP contribution is 2.15. The number of alkyl carbamates (subject to hydrolysis) is 1. The van der Waals surface area contributed by atoms with E-state index in [0.29, 0.717) is 11.3 Å². The number of benzene rings is 2. The zero-order valence-corrected chi connectivity index (χ0v) is 25.0. The first kappa shape index (κ1) is 35.0. The molecule has 0 saturated heterocycles. The van der Waals surface area contributed by atoms with Gasteiger partial charge in [0.05, 0.1) is 7.11 Å². The van der Waals surface area contributed by atoms with E-state index in [9.17, 15) is 19.2 Å². The number of esters is 1. The smallest absolute Gasteiger partial charge is 0.408 e. The number of amides is 3. The van der Waals surface area contributed by atoms with Crippen LogP contribution in [0.2, 0.25) is 0 Å². The fourth-order valence-electron chi connectivity index (χ4n) is 4.07. The Labute approximate surface area is 256 Å². The number of nitrogens with zero attached hydrogens (tertiary/aromatic N) is 3. The molecule has 13 nitrogen and oxygen atoms in total. The highest BCUT2D eigenvalue weighted by Gasteiger charge is 2.30. The second kappa shape index (κ2) is 19.1. The molecule has 3 N–H and O–H groups in total. The minimum absolute atomic E-state index is 0.00328. The number of methoxy groups -OCH3 is 1. The number of hydrogen-bond acceptors (Lipinski definition) is 8. The van der Waals surface area contributed by atoms with Gasteiger partial charge in [-0.25, -0.2) is 9.59 Å². The average Bonchev–Trinajstić information content (AvgIpc) is 3.02. The van der Waals surface area contributed by atoms with Crippen molar-refractivity contribution in [3.05, 3.63) is 76.2 Å². The summed E-state index contributed by atoms with van der Waals surface area (Å²) in [5.74, 6) is 0.898. The number of nitrogens with one attached hydrogen (secondary N) is 3. The number of terminal acetylenes is 1. The molecule has 0 bridgehead atoms. The Hall–Kier alpha value is -5.21. The lowest BCUT2D eigenvalue weighted by atomic mass is 10.0. The van der Waals surface area contributed by atoms with E-state index in [1.165, 1.54) is 7.11 Å². The van der Waals surface area contributed by atoms with Gasteiger partial charge in [0.25, 0.3) is 0 Å². The van der Waals surface area contributed by atoms with Crippen molar-refractivity contribution in [3.63, 3.8) is 0 Å². The standard InChI is InChI=1S/C31H38N6O7/c1-5-17-43-24-13-11-22(12-14-24)19-27(36-31(41)44-20-23-9-7-6-8-10-23)29(39)35-26(18-21(2)3)28(38)34-25(30(40)42-4)15-16-33-37-32/h1,6-14,21,25-27H,15-20H2,2-4H3,(H,34,38)(H,35,39)(H,36,41)/t25-,26-,27-/m0/s1. The molecule has 0 aliphatic carbocycles. The van der Waals surface area contributed by atoms with E-state index in [4.69, 9.17) is 26.2 Å². The largest absolute Gasteiger partial charge is 0.481 e. The second-order valence-corrected chi connectivity index (χ2v) is 10.1. The van der Waals surface area contributed by atoms with Crippen molar-refractivity contribution in [3.8, 4) is 18.1 Å². The number of azide groups is 1. The summed E-state index contributed by atoms with van der Waals surface area (Å²) in [6, 6.07) is 12.6. The van der Waals surface area contributed by atoms with Crippen LogP contribution in [0, 0.1) is 18.3 Å². The van der Waals surface area contributed by atoms with Gasteiger partial charge < -0.3 is 30.2 Å². The van der Waals surface area contributed by atoms with Crippen molar-refractivity contribution in [1.29, 1.82) is 0 Å². The van der Waals surface area contributed by atoms with Gasteiger partial charge in [0.1, 0.15) is 37.1 Å². The molecule has 2 aromatic carbocycles. The summed E-state index contributed by atoms with van der Waals surface area (Å²) >= 11 is 0. The highest BCUT2D eigenvalue weighted by atomic mass is 16.5. The van der Waals surface area contributed by atoms with Crippen LogP contribution in [-0.4, -0.2) is 62.3 Å². The van der Waals surface area contributed by atoms with Gasteiger partial charge in [0.2, 0.25) is 11.8 Å². The van der Waals surface area contributed by atoms with Crippen molar-refractivity contribution < 1.29 is 33.4 Å². The predicted molar refractivity (Wildman–Crippen MR) is 162 cm³/mol. The van der Waals surface area contributed by atoms with Gasteiger partial charge in [-0.3, -0.25) is 9.59 Å². The highest BCUT2D eigenvalue weighted by molar-refractivity contribution is 5.93. The molecule has 0 aliphatic rings. The van der Waals surface area contributed by atoms with Crippen LogP contribution in [0.5, 0.6) is 5.75 Å². The summed E-state index contributed by atoms with van der Waals surface area (Å²) in [6.07, 6.45) is 4.72. The minimum Gasteiger partial charge on any atom is -0.481 e. The summed E-state index contributed by atoms with van der Waals surface area (Å²) in [4.78, 5) is 54.5. The summed E-state index contributed by atoms with van der Waals surface area (Å²) < 4.78 is 15.5. The van der Waals surface area contributed by atoms with Gasteiger partial charge in [-0.15, -0.1) is 6.42 Å².